The number of carbonyl (C=O) groups excluding carboxylic acids is 1. The zero-order chi connectivity index (χ0) is 16.7. The Morgan fingerprint density at radius 2 is 1.88 bits per heavy atom. The molecule has 0 radical (unpaired) electrons. The zero-order valence-electron chi connectivity index (χ0n) is 14.0. The number of hydrogen-bond acceptors (Lipinski definition) is 3. The summed E-state index contributed by atoms with van der Waals surface area (Å²) in [4.78, 5) is 14.9. The third-order valence-electron chi connectivity index (χ3n) is 4.82. The molecule has 0 fully saturated rings. The molecule has 0 aromatic heterocycles. The van der Waals surface area contributed by atoms with E-state index in [1.54, 1.807) is 0 Å². The molecule has 2 aliphatic rings. The number of anilines is 1. The quantitative estimate of drug-likeness (QED) is 0.851. The lowest BCUT2D eigenvalue weighted by molar-refractivity contribution is -0.118. The molecule has 1 unspecified atom stereocenters. The van der Waals surface area contributed by atoms with Crippen LogP contribution >= 0.6 is 0 Å². The molecule has 0 aliphatic carbocycles. The van der Waals surface area contributed by atoms with Crippen LogP contribution in [-0.2, 0) is 17.6 Å². The highest BCUT2D eigenvalue weighted by Crippen LogP contribution is 2.35. The normalized spacial score (nSPS) is 18.4. The molecular formula is C20H21NO3. The lowest BCUT2D eigenvalue weighted by atomic mass is 10.0. The average Bonchev–Trinajstić information content (AvgIpc) is 2.91. The molecule has 24 heavy (non-hydrogen) atoms. The fraction of sp³-hybridized carbons (Fsp3) is 0.350. The molecule has 0 N–H and O–H groups in total. The van der Waals surface area contributed by atoms with Gasteiger partial charge in [-0.1, -0.05) is 18.2 Å². The van der Waals surface area contributed by atoms with Crippen molar-refractivity contribution in [3.63, 3.8) is 0 Å². The number of nitrogens with zero attached hydrogens (tertiary/aromatic N) is 1. The molecule has 2 heterocycles. The topological polar surface area (TPSA) is 38.8 Å². The number of amides is 1. The summed E-state index contributed by atoms with van der Waals surface area (Å²) in [6, 6.07) is 12.3. The summed E-state index contributed by atoms with van der Waals surface area (Å²) in [5, 5.41) is 0. The summed E-state index contributed by atoms with van der Waals surface area (Å²) >= 11 is 0. The molecule has 0 saturated heterocycles. The molecule has 2 aliphatic heterocycles. The van der Waals surface area contributed by atoms with E-state index in [1.165, 1.54) is 5.56 Å². The van der Waals surface area contributed by atoms with E-state index in [0.29, 0.717) is 19.6 Å². The Kier molecular flexibility index (Phi) is 3.68. The van der Waals surface area contributed by atoms with Crippen LogP contribution in [0.5, 0.6) is 11.5 Å². The van der Waals surface area contributed by atoms with Gasteiger partial charge >= 0.3 is 0 Å². The van der Waals surface area contributed by atoms with Gasteiger partial charge < -0.3 is 14.4 Å². The minimum absolute atomic E-state index is 0.132. The fourth-order valence-electron chi connectivity index (χ4n) is 3.62. The SMILES string of the molecule is Cc1cc2c(cc1CC(=O)N1c3ccccc3CC1C)OCCO2. The predicted molar refractivity (Wildman–Crippen MR) is 93.0 cm³/mol. The standard InChI is InChI=1S/C20H21NO3/c1-13-9-18-19(24-8-7-23-18)11-16(13)12-20(22)21-14(2)10-15-5-3-4-6-17(15)21/h3-6,9,11,14H,7-8,10,12H2,1-2H3. The summed E-state index contributed by atoms with van der Waals surface area (Å²) in [6.07, 6.45) is 1.29. The van der Waals surface area contributed by atoms with Gasteiger partial charge in [0.15, 0.2) is 11.5 Å². The van der Waals surface area contributed by atoms with Crippen molar-refractivity contribution in [3.8, 4) is 11.5 Å². The van der Waals surface area contributed by atoms with Crippen molar-refractivity contribution in [2.75, 3.05) is 18.1 Å². The number of ether oxygens (including phenoxy) is 2. The number of carbonyl (C=O) groups is 1. The van der Waals surface area contributed by atoms with Crippen LogP contribution in [0.2, 0.25) is 0 Å². The van der Waals surface area contributed by atoms with Crippen LogP contribution in [-0.4, -0.2) is 25.2 Å². The lowest BCUT2D eigenvalue weighted by Gasteiger charge is -2.24. The number of rotatable bonds is 2. The summed E-state index contributed by atoms with van der Waals surface area (Å²) in [7, 11) is 0. The van der Waals surface area contributed by atoms with Crippen molar-refractivity contribution in [3.05, 3.63) is 53.1 Å². The van der Waals surface area contributed by atoms with E-state index in [0.717, 1.165) is 34.7 Å². The van der Waals surface area contributed by atoms with Crippen LogP contribution in [0.1, 0.15) is 23.6 Å². The Bertz CT molecular complexity index is 799. The summed E-state index contributed by atoms with van der Waals surface area (Å²) in [5.74, 6) is 1.64. The minimum atomic E-state index is 0.132. The molecule has 0 bridgehead atoms. The minimum Gasteiger partial charge on any atom is -0.486 e. The molecule has 0 saturated carbocycles. The second-order valence-corrected chi connectivity index (χ2v) is 6.54. The van der Waals surface area contributed by atoms with Gasteiger partial charge in [-0.15, -0.1) is 0 Å². The molecule has 2 aromatic carbocycles. The molecule has 4 rings (SSSR count). The second kappa shape index (κ2) is 5.86. The Morgan fingerprint density at radius 1 is 1.17 bits per heavy atom. The Hall–Kier alpha value is -2.49. The number of aryl methyl sites for hydroxylation is 1. The molecule has 4 nitrogen and oxygen atoms in total. The van der Waals surface area contributed by atoms with Gasteiger partial charge in [0.05, 0.1) is 6.42 Å². The van der Waals surface area contributed by atoms with Gasteiger partial charge in [0.2, 0.25) is 5.91 Å². The molecular weight excluding hydrogens is 302 g/mol. The fourth-order valence-corrected chi connectivity index (χ4v) is 3.62. The molecule has 0 spiro atoms. The van der Waals surface area contributed by atoms with Gasteiger partial charge in [0.25, 0.3) is 0 Å². The highest BCUT2D eigenvalue weighted by molar-refractivity contribution is 5.97. The number of hydrogen-bond donors (Lipinski definition) is 0. The van der Waals surface area contributed by atoms with Crippen LogP contribution in [0.4, 0.5) is 5.69 Å². The van der Waals surface area contributed by atoms with Gasteiger partial charge in [-0.3, -0.25) is 4.79 Å². The first kappa shape index (κ1) is 15.1. The van der Waals surface area contributed by atoms with Crippen molar-refractivity contribution in [1.29, 1.82) is 0 Å². The van der Waals surface area contributed by atoms with Gasteiger partial charge in [0, 0.05) is 11.7 Å². The van der Waals surface area contributed by atoms with Gasteiger partial charge in [-0.2, -0.15) is 0 Å². The molecule has 1 amide bonds. The maximum absolute atomic E-state index is 13.0. The van der Waals surface area contributed by atoms with E-state index in [9.17, 15) is 4.79 Å². The Morgan fingerprint density at radius 3 is 2.67 bits per heavy atom. The van der Waals surface area contributed by atoms with Crippen molar-refractivity contribution in [1.82, 2.24) is 0 Å². The third-order valence-corrected chi connectivity index (χ3v) is 4.82. The number of benzene rings is 2. The van der Waals surface area contributed by atoms with Gasteiger partial charge in [-0.05, 0) is 55.2 Å². The van der Waals surface area contributed by atoms with Gasteiger partial charge in [-0.25, -0.2) is 0 Å². The monoisotopic (exact) mass is 323 g/mol. The maximum Gasteiger partial charge on any atom is 0.231 e. The van der Waals surface area contributed by atoms with Crippen LogP contribution in [0.3, 0.4) is 0 Å². The highest BCUT2D eigenvalue weighted by atomic mass is 16.6. The Balaban J connectivity index is 1.61. The van der Waals surface area contributed by atoms with E-state index >= 15 is 0 Å². The van der Waals surface area contributed by atoms with Crippen molar-refractivity contribution >= 4 is 11.6 Å². The second-order valence-electron chi connectivity index (χ2n) is 6.54. The van der Waals surface area contributed by atoms with Crippen molar-refractivity contribution in [2.45, 2.75) is 32.7 Å². The molecule has 124 valence electrons. The van der Waals surface area contributed by atoms with Crippen LogP contribution < -0.4 is 14.4 Å². The van der Waals surface area contributed by atoms with Crippen LogP contribution in [0.15, 0.2) is 36.4 Å². The predicted octanol–water partition coefficient (Wildman–Crippen LogP) is 3.29. The van der Waals surface area contributed by atoms with E-state index < -0.39 is 0 Å². The van der Waals surface area contributed by atoms with E-state index in [-0.39, 0.29) is 11.9 Å². The number of fused-ring (bicyclic) bond motifs is 2. The summed E-state index contributed by atoms with van der Waals surface area (Å²) in [6.45, 7) is 5.25. The third kappa shape index (κ3) is 2.52. The molecule has 1 atom stereocenters. The largest absolute Gasteiger partial charge is 0.486 e. The molecule has 2 aromatic rings. The van der Waals surface area contributed by atoms with Crippen molar-refractivity contribution < 1.29 is 14.3 Å². The first-order chi connectivity index (χ1) is 11.6. The van der Waals surface area contributed by atoms with E-state index in [4.69, 9.17) is 9.47 Å². The summed E-state index contributed by atoms with van der Waals surface area (Å²) in [5.41, 5.74) is 4.36. The first-order valence-electron chi connectivity index (χ1n) is 8.42. The summed E-state index contributed by atoms with van der Waals surface area (Å²) < 4.78 is 11.3. The van der Waals surface area contributed by atoms with Crippen molar-refractivity contribution in [2.24, 2.45) is 0 Å². The highest BCUT2D eigenvalue weighted by Gasteiger charge is 2.30. The zero-order valence-corrected chi connectivity index (χ0v) is 14.0. The lowest BCUT2D eigenvalue weighted by Crippen LogP contribution is -2.37. The van der Waals surface area contributed by atoms with E-state index in [1.807, 2.05) is 42.2 Å². The average molecular weight is 323 g/mol. The van der Waals surface area contributed by atoms with E-state index in [2.05, 4.69) is 13.0 Å². The Labute approximate surface area is 142 Å². The maximum atomic E-state index is 13.0. The smallest absolute Gasteiger partial charge is 0.231 e. The molecule has 4 heteroatoms. The number of para-hydroxylation sites is 1. The van der Waals surface area contributed by atoms with Gasteiger partial charge in [0.1, 0.15) is 13.2 Å². The van der Waals surface area contributed by atoms with Crippen LogP contribution in [0, 0.1) is 6.92 Å². The van der Waals surface area contributed by atoms with Crippen LogP contribution in [0.25, 0.3) is 0 Å². The first-order valence-corrected chi connectivity index (χ1v) is 8.42.